The fraction of sp³-hybridized carbons (Fsp3) is 0.0682. The van der Waals surface area contributed by atoms with E-state index in [1.54, 1.807) is 0 Å². The molecule has 3 aromatic heterocycles. The summed E-state index contributed by atoms with van der Waals surface area (Å²) >= 11 is 0. The minimum Gasteiger partial charge on any atom is -0.309 e. The van der Waals surface area contributed by atoms with E-state index in [-0.39, 0.29) is 5.41 Å². The van der Waals surface area contributed by atoms with Crippen molar-refractivity contribution in [3.63, 3.8) is 0 Å². The summed E-state index contributed by atoms with van der Waals surface area (Å²) in [5, 5.41) is 4.86. The van der Waals surface area contributed by atoms with Crippen LogP contribution < -0.4 is 0 Å². The number of rotatable bonds is 3. The Morgan fingerprint density at radius 1 is 0.447 bits per heavy atom. The maximum Gasteiger partial charge on any atom is 0.145 e. The summed E-state index contributed by atoms with van der Waals surface area (Å²) in [7, 11) is 0. The molecule has 1 aliphatic carbocycles. The van der Waals surface area contributed by atoms with Crippen molar-refractivity contribution in [3.8, 4) is 33.6 Å². The number of aromatic nitrogens is 3. The highest BCUT2D eigenvalue weighted by molar-refractivity contribution is 6.12. The fourth-order valence-corrected chi connectivity index (χ4v) is 8.12. The van der Waals surface area contributed by atoms with Crippen molar-refractivity contribution >= 4 is 43.7 Å². The first-order valence-corrected chi connectivity index (χ1v) is 16.3. The van der Waals surface area contributed by atoms with Crippen LogP contribution in [0.15, 0.2) is 152 Å². The molecule has 0 fully saturated rings. The van der Waals surface area contributed by atoms with E-state index >= 15 is 0 Å². The zero-order chi connectivity index (χ0) is 31.3. The second-order valence-electron chi connectivity index (χ2n) is 13.3. The third-order valence-electron chi connectivity index (χ3n) is 10.4. The van der Waals surface area contributed by atoms with Crippen LogP contribution in [0, 0.1) is 0 Å². The average Bonchev–Trinajstić information content (AvgIpc) is 3.71. The molecule has 9 aromatic rings. The van der Waals surface area contributed by atoms with Crippen molar-refractivity contribution in [3.05, 3.63) is 163 Å². The smallest absolute Gasteiger partial charge is 0.145 e. The van der Waals surface area contributed by atoms with Gasteiger partial charge in [-0.25, -0.2) is 4.98 Å². The van der Waals surface area contributed by atoms with Gasteiger partial charge in [0, 0.05) is 44.5 Å². The molecule has 0 saturated heterocycles. The lowest BCUT2D eigenvalue weighted by Crippen LogP contribution is -2.14. The van der Waals surface area contributed by atoms with Gasteiger partial charge in [0.15, 0.2) is 0 Å². The Balaban J connectivity index is 1.20. The first kappa shape index (κ1) is 26.3. The standard InChI is InChI=1S/C44H31N3/c1-44(2)38-16-8-6-13-32(38)33-21-18-29(26-39(33)44)28-19-23-41-37(25-28)35-22-20-31(27-42(35)46(41)30-11-4-3-5-12-30)47-40-17-9-7-14-34(40)36-15-10-24-45-43(36)47/h3-27H,1-2H3. The van der Waals surface area contributed by atoms with E-state index in [2.05, 4.69) is 163 Å². The number of para-hydroxylation sites is 2. The molecule has 3 heteroatoms. The maximum atomic E-state index is 4.85. The largest absolute Gasteiger partial charge is 0.309 e. The third kappa shape index (κ3) is 3.65. The molecule has 0 atom stereocenters. The summed E-state index contributed by atoms with van der Waals surface area (Å²) in [5.74, 6) is 0. The van der Waals surface area contributed by atoms with Gasteiger partial charge in [0.1, 0.15) is 5.65 Å². The van der Waals surface area contributed by atoms with Crippen molar-refractivity contribution in [2.45, 2.75) is 19.3 Å². The number of pyridine rings is 1. The number of hydrogen-bond acceptors (Lipinski definition) is 1. The Morgan fingerprint density at radius 2 is 1.15 bits per heavy atom. The van der Waals surface area contributed by atoms with Gasteiger partial charge in [0.2, 0.25) is 0 Å². The first-order valence-electron chi connectivity index (χ1n) is 16.3. The van der Waals surface area contributed by atoms with Gasteiger partial charge in [0.05, 0.1) is 16.6 Å². The van der Waals surface area contributed by atoms with E-state index in [1.165, 1.54) is 60.6 Å². The van der Waals surface area contributed by atoms with Crippen LogP contribution in [0.3, 0.4) is 0 Å². The number of nitrogens with zero attached hydrogens (tertiary/aromatic N) is 3. The molecule has 47 heavy (non-hydrogen) atoms. The highest BCUT2D eigenvalue weighted by Gasteiger charge is 2.35. The van der Waals surface area contributed by atoms with Crippen LogP contribution in [-0.4, -0.2) is 14.1 Å². The summed E-state index contributed by atoms with van der Waals surface area (Å²) in [6, 6.07) is 53.2. The van der Waals surface area contributed by atoms with E-state index < -0.39 is 0 Å². The van der Waals surface area contributed by atoms with Gasteiger partial charge in [-0.2, -0.15) is 0 Å². The molecule has 10 rings (SSSR count). The van der Waals surface area contributed by atoms with Gasteiger partial charge in [-0.15, -0.1) is 0 Å². The molecule has 0 N–H and O–H groups in total. The molecule has 3 nitrogen and oxygen atoms in total. The Kier molecular flexibility index (Phi) is 5.34. The van der Waals surface area contributed by atoms with Gasteiger partial charge in [0.25, 0.3) is 0 Å². The zero-order valence-electron chi connectivity index (χ0n) is 26.3. The Bertz CT molecular complexity index is 2650. The monoisotopic (exact) mass is 601 g/mol. The van der Waals surface area contributed by atoms with Crippen molar-refractivity contribution in [2.75, 3.05) is 0 Å². The van der Waals surface area contributed by atoms with Crippen molar-refractivity contribution in [2.24, 2.45) is 0 Å². The van der Waals surface area contributed by atoms with E-state index in [4.69, 9.17) is 4.98 Å². The van der Waals surface area contributed by atoms with Crippen LogP contribution >= 0.6 is 0 Å². The fourth-order valence-electron chi connectivity index (χ4n) is 8.12. The van der Waals surface area contributed by atoms with Crippen LogP contribution in [0.2, 0.25) is 0 Å². The Hall–Kier alpha value is -5.93. The molecular formula is C44H31N3. The molecule has 222 valence electrons. The lowest BCUT2D eigenvalue weighted by molar-refractivity contribution is 0.660. The summed E-state index contributed by atoms with van der Waals surface area (Å²) in [5.41, 5.74) is 14.7. The molecule has 0 saturated carbocycles. The second-order valence-corrected chi connectivity index (χ2v) is 13.3. The van der Waals surface area contributed by atoms with Crippen molar-refractivity contribution in [1.82, 2.24) is 14.1 Å². The normalized spacial score (nSPS) is 13.5. The van der Waals surface area contributed by atoms with E-state index in [0.717, 1.165) is 27.9 Å². The molecular weight excluding hydrogens is 571 g/mol. The quantitative estimate of drug-likeness (QED) is 0.198. The van der Waals surface area contributed by atoms with Gasteiger partial charge in [-0.3, -0.25) is 4.57 Å². The van der Waals surface area contributed by atoms with E-state index in [9.17, 15) is 0 Å². The minimum absolute atomic E-state index is 0.0343. The molecule has 0 amide bonds. The number of fused-ring (bicyclic) bond motifs is 9. The SMILES string of the molecule is CC1(C)c2ccccc2-c2ccc(-c3ccc4c(c3)c3ccc(-n5c6ccccc6c6cccnc65)cc3n4-c3ccccc3)cc21. The molecule has 0 aliphatic heterocycles. The molecule has 1 aliphatic rings. The van der Waals surface area contributed by atoms with Crippen molar-refractivity contribution in [1.29, 1.82) is 0 Å². The Labute approximate surface area is 273 Å². The topological polar surface area (TPSA) is 22.8 Å². The van der Waals surface area contributed by atoms with Crippen LogP contribution in [0.4, 0.5) is 0 Å². The summed E-state index contributed by atoms with van der Waals surface area (Å²) in [4.78, 5) is 4.85. The zero-order valence-corrected chi connectivity index (χ0v) is 26.3. The van der Waals surface area contributed by atoms with Gasteiger partial charge >= 0.3 is 0 Å². The van der Waals surface area contributed by atoms with E-state index in [0.29, 0.717) is 0 Å². The second kappa shape index (κ2) is 9.54. The lowest BCUT2D eigenvalue weighted by atomic mass is 9.81. The van der Waals surface area contributed by atoms with Crippen LogP contribution in [0.1, 0.15) is 25.0 Å². The van der Waals surface area contributed by atoms with E-state index in [1.807, 2.05) is 12.3 Å². The summed E-state index contributed by atoms with van der Waals surface area (Å²) in [6.45, 7) is 4.70. The minimum atomic E-state index is -0.0343. The number of hydrogen-bond donors (Lipinski definition) is 0. The third-order valence-corrected chi connectivity index (χ3v) is 10.4. The van der Waals surface area contributed by atoms with Crippen LogP contribution in [-0.2, 0) is 5.41 Å². The van der Waals surface area contributed by atoms with Crippen LogP contribution in [0.25, 0.3) is 77.4 Å². The molecule has 0 bridgehead atoms. The molecule has 6 aromatic carbocycles. The Morgan fingerprint density at radius 3 is 2.06 bits per heavy atom. The summed E-state index contributed by atoms with van der Waals surface area (Å²) < 4.78 is 4.70. The molecule has 0 unspecified atom stereocenters. The molecule has 3 heterocycles. The molecule has 0 radical (unpaired) electrons. The van der Waals surface area contributed by atoms with Crippen molar-refractivity contribution < 1.29 is 0 Å². The lowest BCUT2D eigenvalue weighted by Gasteiger charge is -2.22. The first-order chi connectivity index (χ1) is 23.1. The van der Waals surface area contributed by atoms with Crippen LogP contribution in [0.5, 0.6) is 0 Å². The number of benzene rings is 6. The maximum absolute atomic E-state index is 4.85. The van der Waals surface area contributed by atoms with Gasteiger partial charge in [-0.05, 0) is 94.0 Å². The molecule has 0 spiro atoms. The highest BCUT2D eigenvalue weighted by Crippen LogP contribution is 2.49. The van der Waals surface area contributed by atoms with Gasteiger partial charge in [-0.1, -0.05) is 98.8 Å². The average molecular weight is 602 g/mol. The predicted octanol–water partition coefficient (Wildman–Crippen LogP) is 11.2. The summed E-state index contributed by atoms with van der Waals surface area (Å²) in [6.07, 6.45) is 1.89. The van der Waals surface area contributed by atoms with Gasteiger partial charge < -0.3 is 4.57 Å². The highest BCUT2D eigenvalue weighted by atomic mass is 15.1. The predicted molar refractivity (Wildman–Crippen MR) is 196 cm³/mol.